The average Bonchev–Trinajstić information content (AvgIpc) is 3.21. The number of carbonyl (C=O) groups excluding carboxylic acids is 1. The van der Waals surface area contributed by atoms with Gasteiger partial charge in [0.2, 0.25) is 0 Å². The quantitative estimate of drug-likeness (QED) is 0.613. The lowest BCUT2D eigenvalue weighted by Crippen LogP contribution is -2.43. The van der Waals surface area contributed by atoms with Gasteiger partial charge in [-0.3, -0.25) is 14.9 Å². The molecule has 4 rings (SSSR count). The van der Waals surface area contributed by atoms with Gasteiger partial charge in [-0.2, -0.15) is 11.3 Å². The van der Waals surface area contributed by atoms with E-state index < -0.39 is 10.5 Å². The summed E-state index contributed by atoms with van der Waals surface area (Å²) >= 11 is 1.57. The highest BCUT2D eigenvalue weighted by Crippen LogP contribution is 2.46. The zero-order valence-electron chi connectivity index (χ0n) is 13.4. The summed E-state index contributed by atoms with van der Waals surface area (Å²) in [5.41, 5.74) is 2.32. The molecule has 0 bridgehead atoms. The van der Waals surface area contributed by atoms with Gasteiger partial charge >= 0.3 is 0 Å². The predicted octanol–water partition coefficient (Wildman–Crippen LogP) is 4.25. The number of nitro benzene ring substituents is 1. The van der Waals surface area contributed by atoms with Crippen LogP contribution in [0.25, 0.3) is 11.3 Å². The van der Waals surface area contributed by atoms with Crippen molar-refractivity contribution in [2.45, 2.75) is 12.5 Å². The van der Waals surface area contributed by atoms with Gasteiger partial charge in [0.25, 0.3) is 5.69 Å². The van der Waals surface area contributed by atoms with Crippen LogP contribution in [0.4, 0.5) is 5.69 Å². The summed E-state index contributed by atoms with van der Waals surface area (Å²) in [5.74, 6) is -0.0110. The second-order valence-electron chi connectivity index (χ2n) is 6.09. The Hall–Kier alpha value is -2.99. The Morgan fingerprint density at radius 2 is 1.88 bits per heavy atom. The van der Waals surface area contributed by atoms with E-state index in [1.165, 1.54) is 12.1 Å². The average molecular weight is 350 g/mol. The predicted molar refractivity (Wildman–Crippen MR) is 97.8 cm³/mol. The van der Waals surface area contributed by atoms with E-state index in [2.05, 4.69) is 0 Å². The molecule has 0 N–H and O–H groups in total. The molecular formula is C19H14N2O3S. The Morgan fingerprint density at radius 1 is 1.12 bits per heavy atom. The molecule has 0 aliphatic carbocycles. The summed E-state index contributed by atoms with van der Waals surface area (Å²) in [5, 5.41) is 14.9. The fourth-order valence-corrected chi connectivity index (χ4v) is 3.93. The minimum Gasteiger partial charge on any atom is -0.330 e. The molecule has 3 heterocycles. The third-order valence-corrected chi connectivity index (χ3v) is 5.28. The highest BCUT2D eigenvalue weighted by Gasteiger charge is 2.48. The summed E-state index contributed by atoms with van der Waals surface area (Å²) < 4.78 is 0. The van der Waals surface area contributed by atoms with Gasteiger partial charge in [-0.25, -0.2) is 0 Å². The van der Waals surface area contributed by atoms with Crippen molar-refractivity contribution < 1.29 is 9.72 Å². The van der Waals surface area contributed by atoms with Crippen molar-refractivity contribution in [1.29, 1.82) is 0 Å². The van der Waals surface area contributed by atoms with Crippen molar-refractivity contribution in [2.24, 2.45) is 0 Å². The van der Waals surface area contributed by atoms with Gasteiger partial charge in [0, 0.05) is 29.3 Å². The number of allylic oxidation sites excluding steroid dienone is 2. The third kappa shape index (κ3) is 2.26. The monoisotopic (exact) mass is 350 g/mol. The first-order valence-electron chi connectivity index (χ1n) is 7.74. The fraction of sp³-hybridized carbons (Fsp3) is 0.105. The second-order valence-corrected chi connectivity index (χ2v) is 6.87. The highest BCUT2D eigenvalue weighted by molar-refractivity contribution is 7.08. The molecule has 124 valence electrons. The number of Topliss-reactive ketones (excluding diaryl/α,β-unsaturated/α-hetero) is 1. The molecule has 5 nitrogen and oxygen atoms in total. The maximum absolute atomic E-state index is 13.3. The van der Waals surface area contributed by atoms with E-state index in [1.807, 2.05) is 53.1 Å². The van der Waals surface area contributed by atoms with E-state index in [-0.39, 0.29) is 11.5 Å². The number of nitrogens with zero attached hydrogens (tertiary/aromatic N) is 2. The van der Waals surface area contributed by atoms with E-state index >= 15 is 0 Å². The Morgan fingerprint density at radius 3 is 2.52 bits per heavy atom. The van der Waals surface area contributed by atoms with Crippen LogP contribution in [0.5, 0.6) is 0 Å². The van der Waals surface area contributed by atoms with E-state index in [0.717, 1.165) is 11.3 Å². The minimum atomic E-state index is -0.775. The second kappa shape index (κ2) is 5.53. The number of hydrogen-bond donors (Lipinski definition) is 0. The molecule has 1 aromatic carbocycles. The number of hydrogen-bond acceptors (Lipinski definition) is 5. The van der Waals surface area contributed by atoms with E-state index in [4.69, 9.17) is 0 Å². The van der Waals surface area contributed by atoms with Crippen LogP contribution in [0.1, 0.15) is 18.1 Å². The Labute approximate surface area is 148 Å². The van der Waals surface area contributed by atoms with Crippen molar-refractivity contribution in [1.82, 2.24) is 4.90 Å². The SMILES string of the molecule is CC12C=CC=CN1C(c1ccsc1)=C(c1ccc([N+](=O)[O-])cc1)C2=O. The first kappa shape index (κ1) is 15.5. The molecule has 1 aromatic heterocycles. The number of carbonyl (C=O) groups is 1. The number of fused-ring (bicyclic) bond motifs is 1. The number of thiophene rings is 1. The Bertz CT molecular complexity index is 955. The number of rotatable bonds is 3. The van der Waals surface area contributed by atoms with Crippen LogP contribution >= 0.6 is 11.3 Å². The lowest BCUT2D eigenvalue weighted by atomic mass is 9.89. The van der Waals surface area contributed by atoms with Crippen LogP contribution < -0.4 is 0 Å². The van der Waals surface area contributed by atoms with Gasteiger partial charge in [-0.15, -0.1) is 0 Å². The van der Waals surface area contributed by atoms with Crippen LogP contribution in [0, 0.1) is 10.1 Å². The molecule has 1 atom stereocenters. The summed E-state index contributed by atoms with van der Waals surface area (Å²) in [6.45, 7) is 1.89. The van der Waals surface area contributed by atoms with E-state index in [9.17, 15) is 14.9 Å². The molecule has 0 fully saturated rings. The lowest BCUT2D eigenvalue weighted by molar-refractivity contribution is -0.384. The van der Waals surface area contributed by atoms with Gasteiger partial charge in [0.05, 0.1) is 16.2 Å². The Kier molecular flexibility index (Phi) is 3.43. The molecule has 0 spiro atoms. The first-order chi connectivity index (χ1) is 12.0. The molecule has 0 saturated carbocycles. The van der Waals surface area contributed by atoms with Gasteiger partial charge < -0.3 is 4.90 Å². The van der Waals surface area contributed by atoms with Crippen molar-refractivity contribution >= 4 is 34.1 Å². The first-order valence-corrected chi connectivity index (χ1v) is 8.68. The lowest BCUT2D eigenvalue weighted by Gasteiger charge is -2.34. The molecule has 25 heavy (non-hydrogen) atoms. The molecule has 0 amide bonds. The molecular weight excluding hydrogens is 336 g/mol. The van der Waals surface area contributed by atoms with Crippen molar-refractivity contribution in [3.63, 3.8) is 0 Å². The zero-order chi connectivity index (χ0) is 17.6. The van der Waals surface area contributed by atoms with Gasteiger partial charge in [-0.1, -0.05) is 12.2 Å². The van der Waals surface area contributed by atoms with Crippen LogP contribution in [0.2, 0.25) is 0 Å². The van der Waals surface area contributed by atoms with Crippen molar-refractivity contribution in [3.8, 4) is 0 Å². The normalized spacial score (nSPS) is 21.8. The van der Waals surface area contributed by atoms with Crippen LogP contribution in [-0.4, -0.2) is 21.1 Å². The van der Waals surface area contributed by atoms with Gasteiger partial charge in [0.1, 0.15) is 5.54 Å². The number of benzene rings is 1. The molecule has 0 radical (unpaired) electrons. The standard InChI is InChI=1S/C19H14N2O3S/c1-19-9-2-3-10-20(19)17(14-8-11-25-12-14)16(18(19)22)13-4-6-15(7-5-13)21(23)24/h2-12H,1H3. The van der Waals surface area contributed by atoms with E-state index in [0.29, 0.717) is 11.1 Å². The largest absolute Gasteiger partial charge is 0.330 e. The number of ketones is 1. The molecule has 1 unspecified atom stereocenters. The van der Waals surface area contributed by atoms with Crippen LogP contribution in [-0.2, 0) is 4.79 Å². The summed E-state index contributed by atoms with van der Waals surface area (Å²) in [6.07, 6.45) is 7.57. The molecule has 0 saturated heterocycles. The molecule has 2 aromatic rings. The summed E-state index contributed by atoms with van der Waals surface area (Å²) in [4.78, 5) is 25.7. The Balaban J connectivity index is 1.93. The van der Waals surface area contributed by atoms with Crippen molar-refractivity contribution in [2.75, 3.05) is 0 Å². The van der Waals surface area contributed by atoms with Gasteiger partial charge in [-0.05, 0) is 42.1 Å². The molecule has 2 aliphatic rings. The number of non-ortho nitro benzene ring substituents is 1. The van der Waals surface area contributed by atoms with Crippen LogP contribution in [0.15, 0.2) is 65.5 Å². The fourth-order valence-electron chi connectivity index (χ4n) is 3.29. The molecule has 2 aliphatic heterocycles. The van der Waals surface area contributed by atoms with E-state index in [1.54, 1.807) is 23.5 Å². The zero-order valence-corrected chi connectivity index (χ0v) is 14.2. The smallest absolute Gasteiger partial charge is 0.269 e. The van der Waals surface area contributed by atoms with Gasteiger partial charge in [0.15, 0.2) is 5.78 Å². The summed E-state index contributed by atoms with van der Waals surface area (Å²) in [7, 11) is 0. The topological polar surface area (TPSA) is 63.4 Å². The third-order valence-electron chi connectivity index (χ3n) is 4.59. The maximum atomic E-state index is 13.3. The van der Waals surface area contributed by atoms with Crippen molar-refractivity contribution in [3.05, 3.63) is 86.8 Å². The minimum absolute atomic E-state index is 0.00982. The highest BCUT2D eigenvalue weighted by atomic mass is 32.1. The summed E-state index contributed by atoms with van der Waals surface area (Å²) in [6, 6.07) is 8.15. The molecule has 6 heteroatoms. The van der Waals surface area contributed by atoms with Crippen LogP contribution in [0.3, 0.4) is 0 Å². The number of nitro groups is 1. The maximum Gasteiger partial charge on any atom is 0.269 e.